The second-order valence-corrected chi connectivity index (χ2v) is 3.41. The number of hydrogen-bond donors (Lipinski definition) is 1. The summed E-state index contributed by atoms with van der Waals surface area (Å²) in [6.07, 6.45) is 0. The second-order valence-electron chi connectivity index (χ2n) is 3.41. The highest BCUT2D eigenvalue weighted by Crippen LogP contribution is 2.25. The van der Waals surface area contributed by atoms with Gasteiger partial charge in [-0.25, -0.2) is 4.79 Å². The van der Waals surface area contributed by atoms with Gasteiger partial charge in [-0.05, 0) is 26.0 Å². The highest BCUT2D eigenvalue weighted by atomic mass is 16.5. The molecule has 84 valence electrons. The van der Waals surface area contributed by atoms with Gasteiger partial charge in [0.15, 0.2) is 5.78 Å². The van der Waals surface area contributed by atoms with Gasteiger partial charge in [0.05, 0.1) is 5.56 Å². The number of ether oxygens (including phenoxy) is 1. The van der Waals surface area contributed by atoms with Gasteiger partial charge in [0.1, 0.15) is 11.5 Å². The minimum absolute atomic E-state index is 0.0421. The first-order valence-corrected chi connectivity index (χ1v) is 4.63. The van der Waals surface area contributed by atoms with Gasteiger partial charge in [0, 0.05) is 11.6 Å². The molecule has 4 nitrogen and oxygen atoms in total. The van der Waals surface area contributed by atoms with Crippen molar-refractivity contribution in [1.82, 2.24) is 0 Å². The van der Waals surface area contributed by atoms with E-state index >= 15 is 0 Å². The van der Waals surface area contributed by atoms with Crippen LogP contribution in [0.1, 0.15) is 24.2 Å². The van der Waals surface area contributed by atoms with Crippen LogP contribution in [0.25, 0.3) is 0 Å². The van der Waals surface area contributed by atoms with Gasteiger partial charge in [-0.15, -0.1) is 0 Å². The van der Waals surface area contributed by atoms with Crippen LogP contribution in [0.2, 0.25) is 0 Å². The zero-order valence-electron chi connectivity index (χ0n) is 9.11. The molecule has 4 heteroatoms. The van der Waals surface area contributed by atoms with E-state index in [2.05, 4.69) is 6.58 Å². The number of phenols is 1. The Bertz CT molecular complexity index is 460. The monoisotopic (exact) mass is 220 g/mol. The fraction of sp³-hybridized carbons (Fsp3) is 0.167. The van der Waals surface area contributed by atoms with E-state index in [9.17, 15) is 14.7 Å². The minimum Gasteiger partial charge on any atom is -0.508 e. The molecule has 16 heavy (non-hydrogen) atoms. The molecule has 0 saturated carbocycles. The fourth-order valence-corrected chi connectivity index (χ4v) is 1.07. The van der Waals surface area contributed by atoms with E-state index in [-0.39, 0.29) is 28.4 Å². The fourth-order valence-electron chi connectivity index (χ4n) is 1.07. The minimum atomic E-state index is -0.631. The van der Waals surface area contributed by atoms with E-state index in [0.29, 0.717) is 0 Å². The Hall–Kier alpha value is -2.10. The molecule has 0 spiro atoms. The summed E-state index contributed by atoms with van der Waals surface area (Å²) in [4.78, 5) is 22.5. The standard InChI is InChI=1S/C12H12O4/c1-7(2)12(15)16-11-6-9(14)4-5-10(11)8(3)13/h4-6,14H,1H2,2-3H3. The smallest absolute Gasteiger partial charge is 0.338 e. The number of phenolic OH excluding ortho intramolecular Hbond substituents is 1. The highest BCUT2D eigenvalue weighted by molar-refractivity contribution is 5.98. The molecule has 0 aromatic heterocycles. The molecule has 0 amide bonds. The zero-order valence-corrected chi connectivity index (χ0v) is 9.11. The molecule has 0 aliphatic heterocycles. The number of carbonyl (C=O) groups is 2. The summed E-state index contributed by atoms with van der Waals surface area (Å²) in [5.74, 6) is -0.910. The molecule has 0 aliphatic carbocycles. The number of hydrogen-bond acceptors (Lipinski definition) is 4. The number of ketones is 1. The summed E-state index contributed by atoms with van der Waals surface area (Å²) < 4.78 is 4.93. The van der Waals surface area contributed by atoms with Gasteiger partial charge in [-0.2, -0.15) is 0 Å². The van der Waals surface area contributed by atoms with Crippen molar-refractivity contribution in [2.24, 2.45) is 0 Å². The molecule has 0 bridgehead atoms. The molecule has 1 aromatic carbocycles. The molecular weight excluding hydrogens is 208 g/mol. The predicted molar refractivity (Wildman–Crippen MR) is 58.6 cm³/mol. The van der Waals surface area contributed by atoms with Crippen LogP contribution in [0, 0.1) is 0 Å². The molecule has 0 fully saturated rings. The van der Waals surface area contributed by atoms with Crippen molar-refractivity contribution >= 4 is 11.8 Å². The number of rotatable bonds is 3. The molecule has 0 unspecified atom stereocenters. The van der Waals surface area contributed by atoms with Crippen molar-refractivity contribution in [3.63, 3.8) is 0 Å². The lowest BCUT2D eigenvalue weighted by atomic mass is 10.1. The summed E-state index contributed by atoms with van der Waals surface area (Å²) in [5, 5.41) is 9.25. The number of Topliss-reactive ketones (excluding diaryl/α,β-unsaturated/α-hetero) is 1. The van der Waals surface area contributed by atoms with Crippen molar-refractivity contribution in [3.05, 3.63) is 35.9 Å². The molecular formula is C12H12O4. The topological polar surface area (TPSA) is 63.6 Å². The lowest BCUT2D eigenvalue weighted by molar-refractivity contribution is -0.130. The van der Waals surface area contributed by atoms with Crippen LogP contribution in [0.3, 0.4) is 0 Å². The largest absolute Gasteiger partial charge is 0.508 e. The molecule has 1 N–H and O–H groups in total. The van der Waals surface area contributed by atoms with Gasteiger partial charge < -0.3 is 9.84 Å². The number of benzene rings is 1. The normalized spacial score (nSPS) is 9.62. The quantitative estimate of drug-likeness (QED) is 0.366. The Balaban J connectivity index is 3.10. The van der Waals surface area contributed by atoms with Crippen molar-refractivity contribution < 1.29 is 19.4 Å². The van der Waals surface area contributed by atoms with E-state index < -0.39 is 5.97 Å². The second kappa shape index (κ2) is 4.61. The average Bonchev–Trinajstić information content (AvgIpc) is 2.16. The first-order valence-electron chi connectivity index (χ1n) is 4.63. The Kier molecular flexibility index (Phi) is 3.45. The molecule has 0 saturated heterocycles. The summed E-state index contributed by atoms with van der Waals surface area (Å²) in [6, 6.07) is 3.98. The molecule has 1 rings (SSSR count). The van der Waals surface area contributed by atoms with Crippen molar-refractivity contribution in [1.29, 1.82) is 0 Å². The van der Waals surface area contributed by atoms with Gasteiger partial charge in [-0.1, -0.05) is 6.58 Å². The third-order valence-corrected chi connectivity index (χ3v) is 1.90. The van der Waals surface area contributed by atoms with Crippen LogP contribution in [0.5, 0.6) is 11.5 Å². The van der Waals surface area contributed by atoms with E-state index in [0.717, 1.165) is 0 Å². The summed E-state index contributed by atoms with van der Waals surface area (Å²) >= 11 is 0. The van der Waals surface area contributed by atoms with E-state index in [1.807, 2.05) is 0 Å². The van der Waals surface area contributed by atoms with Gasteiger partial charge >= 0.3 is 5.97 Å². The Labute approximate surface area is 93.2 Å². The molecule has 0 atom stereocenters. The highest BCUT2D eigenvalue weighted by Gasteiger charge is 2.13. The predicted octanol–water partition coefficient (Wildman–Crippen LogP) is 2.08. The van der Waals surface area contributed by atoms with Crippen LogP contribution in [-0.2, 0) is 4.79 Å². The van der Waals surface area contributed by atoms with Crippen LogP contribution in [0.15, 0.2) is 30.4 Å². The lowest BCUT2D eigenvalue weighted by Crippen LogP contribution is -2.10. The summed E-state index contributed by atoms with van der Waals surface area (Å²) in [7, 11) is 0. The van der Waals surface area contributed by atoms with Crippen LogP contribution >= 0.6 is 0 Å². The van der Waals surface area contributed by atoms with Crippen molar-refractivity contribution in [3.8, 4) is 11.5 Å². The van der Waals surface area contributed by atoms with Gasteiger partial charge in [-0.3, -0.25) is 4.79 Å². The van der Waals surface area contributed by atoms with Crippen LogP contribution < -0.4 is 4.74 Å². The van der Waals surface area contributed by atoms with Crippen molar-refractivity contribution in [2.45, 2.75) is 13.8 Å². The Morgan fingerprint density at radius 1 is 1.31 bits per heavy atom. The first-order chi connectivity index (χ1) is 7.41. The number of carbonyl (C=O) groups excluding carboxylic acids is 2. The van der Waals surface area contributed by atoms with Crippen molar-refractivity contribution in [2.75, 3.05) is 0 Å². The maximum absolute atomic E-state index is 11.3. The summed E-state index contributed by atoms with van der Waals surface area (Å²) in [5.41, 5.74) is 0.463. The zero-order chi connectivity index (χ0) is 12.3. The number of esters is 1. The maximum Gasteiger partial charge on any atom is 0.338 e. The molecule has 0 aliphatic rings. The van der Waals surface area contributed by atoms with E-state index in [1.54, 1.807) is 0 Å². The molecule has 0 heterocycles. The third kappa shape index (κ3) is 2.70. The average molecular weight is 220 g/mol. The van der Waals surface area contributed by atoms with Gasteiger partial charge in [0.2, 0.25) is 0 Å². The number of aromatic hydroxyl groups is 1. The summed E-state index contributed by atoms with van der Waals surface area (Å²) in [6.45, 7) is 6.28. The Morgan fingerprint density at radius 3 is 2.44 bits per heavy atom. The SMILES string of the molecule is C=C(C)C(=O)Oc1cc(O)ccc1C(C)=O. The van der Waals surface area contributed by atoms with Crippen LogP contribution in [-0.4, -0.2) is 16.9 Å². The lowest BCUT2D eigenvalue weighted by Gasteiger charge is -2.08. The third-order valence-electron chi connectivity index (χ3n) is 1.90. The van der Waals surface area contributed by atoms with Crippen LogP contribution in [0.4, 0.5) is 0 Å². The first kappa shape index (κ1) is 12.0. The molecule has 1 aromatic rings. The Morgan fingerprint density at radius 2 is 1.94 bits per heavy atom. The van der Waals surface area contributed by atoms with E-state index in [1.165, 1.54) is 32.0 Å². The van der Waals surface area contributed by atoms with Gasteiger partial charge in [0.25, 0.3) is 0 Å². The van der Waals surface area contributed by atoms with E-state index in [4.69, 9.17) is 4.74 Å². The maximum atomic E-state index is 11.3. The molecule has 0 radical (unpaired) electrons.